The highest BCUT2D eigenvalue weighted by atomic mass is 35.5. The van der Waals surface area contributed by atoms with Gasteiger partial charge in [0.1, 0.15) is 6.04 Å². The zero-order chi connectivity index (χ0) is 21.4. The number of halogens is 1. The molecule has 2 amide bonds. The van der Waals surface area contributed by atoms with Gasteiger partial charge in [0, 0.05) is 24.0 Å². The van der Waals surface area contributed by atoms with E-state index in [4.69, 9.17) is 11.6 Å². The van der Waals surface area contributed by atoms with Crippen LogP contribution in [0.25, 0.3) is 0 Å². The van der Waals surface area contributed by atoms with Crippen LogP contribution in [-0.4, -0.2) is 28.8 Å². The number of carbonyl (C=O) groups is 2. The lowest BCUT2D eigenvalue weighted by molar-refractivity contribution is -0.140. The first kappa shape index (κ1) is 23.0. The van der Waals surface area contributed by atoms with Gasteiger partial charge in [-0.25, -0.2) is 0 Å². The zero-order valence-corrected chi connectivity index (χ0v) is 18.5. The number of carbonyl (C=O) groups excluding carboxylic acids is 2. The molecule has 0 aliphatic heterocycles. The molecule has 1 N–H and O–H groups in total. The first-order valence-electron chi connectivity index (χ1n) is 10.2. The molecule has 0 fully saturated rings. The maximum absolute atomic E-state index is 13.1. The third-order valence-corrected chi connectivity index (χ3v) is 5.18. The minimum absolute atomic E-state index is 0.0227. The molecule has 2 rings (SSSR count). The number of benzene rings is 2. The average Bonchev–Trinajstić information content (AvgIpc) is 2.71. The Labute approximate surface area is 179 Å². The Bertz CT molecular complexity index is 801. The van der Waals surface area contributed by atoms with Crippen LogP contribution in [0.2, 0.25) is 5.02 Å². The number of amides is 2. The van der Waals surface area contributed by atoms with E-state index in [1.54, 1.807) is 24.0 Å². The molecule has 0 saturated carbocycles. The normalized spacial score (nSPS) is 11.9. The summed E-state index contributed by atoms with van der Waals surface area (Å²) < 4.78 is 0. The fourth-order valence-electron chi connectivity index (χ4n) is 3.11. The van der Waals surface area contributed by atoms with Gasteiger partial charge in [-0.05, 0) is 62.4 Å². The van der Waals surface area contributed by atoms with Crippen LogP contribution in [0.4, 0.5) is 0 Å². The molecule has 0 spiro atoms. The van der Waals surface area contributed by atoms with Gasteiger partial charge in [0.25, 0.3) is 0 Å². The molecular formula is C24H31ClN2O2. The van der Waals surface area contributed by atoms with Crippen LogP contribution < -0.4 is 5.32 Å². The standard InChI is InChI=1S/C24H31ClN2O2/c1-5-19-6-8-20(9-7-19)12-15-23(28)27(18(4)24(29)26-17(2)3)16-21-10-13-22(25)14-11-21/h6-11,13-14,17-18H,5,12,15-16H2,1-4H3,(H,26,29)/t18-/m0/s1. The Morgan fingerprint density at radius 2 is 1.48 bits per heavy atom. The van der Waals surface area contributed by atoms with Crippen molar-refractivity contribution in [3.05, 3.63) is 70.2 Å². The second-order valence-electron chi connectivity index (χ2n) is 7.66. The van der Waals surface area contributed by atoms with E-state index >= 15 is 0 Å². The van der Waals surface area contributed by atoms with Gasteiger partial charge in [-0.3, -0.25) is 9.59 Å². The molecule has 0 aliphatic rings. The second-order valence-corrected chi connectivity index (χ2v) is 8.09. The number of rotatable bonds is 9. The van der Waals surface area contributed by atoms with Gasteiger partial charge in [-0.2, -0.15) is 0 Å². The smallest absolute Gasteiger partial charge is 0.242 e. The second kappa shape index (κ2) is 11.0. The van der Waals surface area contributed by atoms with E-state index in [1.165, 1.54) is 5.56 Å². The van der Waals surface area contributed by atoms with Crippen LogP contribution in [0.5, 0.6) is 0 Å². The minimum Gasteiger partial charge on any atom is -0.352 e. The molecule has 0 heterocycles. The van der Waals surface area contributed by atoms with Crippen LogP contribution in [0.3, 0.4) is 0 Å². The Morgan fingerprint density at radius 1 is 0.931 bits per heavy atom. The van der Waals surface area contributed by atoms with Crippen molar-refractivity contribution in [1.29, 1.82) is 0 Å². The molecule has 29 heavy (non-hydrogen) atoms. The lowest BCUT2D eigenvalue weighted by Gasteiger charge is -2.29. The molecule has 2 aromatic carbocycles. The first-order valence-corrected chi connectivity index (χ1v) is 10.6. The van der Waals surface area contributed by atoms with Gasteiger partial charge in [0.05, 0.1) is 0 Å². The fraction of sp³-hybridized carbons (Fsp3) is 0.417. The highest BCUT2D eigenvalue weighted by Crippen LogP contribution is 2.16. The maximum atomic E-state index is 13.1. The van der Waals surface area contributed by atoms with Crippen LogP contribution in [-0.2, 0) is 29.0 Å². The van der Waals surface area contributed by atoms with Crippen molar-refractivity contribution in [3.8, 4) is 0 Å². The van der Waals surface area contributed by atoms with Gasteiger partial charge in [-0.1, -0.05) is 54.9 Å². The topological polar surface area (TPSA) is 49.4 Å². The van der Waals surface area contributed by atoms with E-state index in [-0.39, 0.29) is 17.9 Å². The quantitative estimate of drug-likeness (QED) is 0.642. The fourth-order valence-corrected chi connectivity index (χ4v) is 3.24. The van der Waals surface area contributed by atoms with Crippen LogP contribution in [0, 0.1) is 0 Å². The van der Waals surface area contributed by atoms with E-state index in [9.17, 15) is 9.59 Å². The largest absolute Gasteiger partial charge is 0.352 e. The number of aryl methyl sites for hydroxylation is 2. The molecule has 0 bridgehead atoms. The monoisotopic (exact) mass is 414 g/mol. The van der Waals surface area contributed by atoms with Crippen molar-refractivity contribution >= 4 is 23.4 Å². The molecule has 156 valence electrons. The highest BCUT2D eigenvalue weighted by molar-refractivity contribution is 6.30. The Morgan fingerprint density at radius 3 is 2.03 bits per heavy atom. The van der Waals surface area contributed by atoms with Gasteiger partial charge in [0.15, 0.2) is 0 Å². The summed E-state index contributed by atoms with van der Waals surface area (Å²) in [6.07, 6.45) is 2.01. The van der Waals surface area contributed by atoms with E-state index in [0.29, 0.717) is 24.4 Å². The third-order valence-electron chi connectivity index (χ3n) is 4.92. The summed E-state index contributed by atoms with van der Waals surface area (Å²) in [5.41, 5.74) is 3.35. The summed E-state index contributed by atoms with van der Waals surface area (Å²) in [6.45, 7) is 8.10. The van der Waals surface area contributed by atoms with E-state index in [1.807, 2.05) is 26.0 Å². The molecule has 1 atom stereocenters. The molecule has 0 aromatic heterocycles. The summed E-state index contributed by atoms with van der Waals surface area (Å²) in [5, 5.41) is 3.55. The minimum atomic E-state index is -0.553. The summed E-state index contributed by atoms with van der Waals surface area (Å²) >= 11 is 5.98. The zero-order valence-electron chi connectivity index (χ0n) is 17.7. The van der Waals surface area contributed by atoms with E-state index < -0.39 is 6.04 Å². The van der Waals surface area contributed by atoms with E-state index in [0.717, 1.165) is 17.5 Å². The Balaban J connectivity index is 2.11. The van der Waals surface area contributed by atoms with Gasteiger partial charge >= 0.3 is 0 Å². The van der Waals surface area contributed by atoms with Gasteiger partial charge < -0.3 is 10.2 Å². The average molecular weight is 415 g/mol. The molecule has 4 nitrogen and oxygen atoms in total. The third kappa shape index (κ3) is 7.21. The molecule has 0 saturated heterocycles. The lowest BCUT2D eigenvalue weighted by Crippen LogP contribution is -2.49. The molecule has 2 aromatic rings. The van der Waals surface area contributed by atoms with Crippen molar-refractivity contribution in [2.75, 3.05) is 0 Å². The summed E-state index contributed by atoms with van der Waals surface area (Å²) in [5.74, 6) is -0.180. The Kier molecular flexibility index (Phi) is 8.71. The van der Waals surface area contributed by atoms with Crippen LogP contribution in [0.1, 0.15) is 50.8 Å². The molecule has 0 radical (unpaired) electrons. The summed E-state index contributed by atoms with van der Waals surface area (Å²) in [4.78, 5) is 27.3. The van der Waals surface area contributed by atoms with Crippen LogP contribution in [0.15, 0.2) is 48.5 Å². The highest BCUT2D eigenvalue weighted by Gasteiger charge is 2.26. The summed E-state index contributed by atoms with van der Waals surface area (Å²) in [7, 11) is 0. The van der Waals surface area contributed by atoms with Crippen molar-refractivity contribution in [2.45, 2.75) is 65.6 Å². The predicted molar refractivity (Wildman–Crippen MR) is 119 cm³/mol. The van der Waals surface area contributed by atoms with Crippen molar-refractivity contribution < 1.29 is 9.59 Å². The molecular weight excluding hydrogens is 384 g/mol. The number of nitrogens with zero attached hydrogens (tertiary/aromatic N) is 1. The van der Waals surface area contributed by atoms with E-state index in [2.05, 4.69) is 36.5 Å². The number of hydrogen-bond donors (Lipinski definition) is 1. The number of hydrogen-bond acceptors (Lipinski definition) is 2. The molecule has 0 unspecified atom stereocenters. The maximum Gasteiger partial charge on any atom is 0.242 e. The SMILES string of the molecule is CCc1ccc(CCC(=O)N(Cc2ccc(Cl)cc2)[C@@H](C)C(=O)NC(C)C)cc1. The Hall–Kier alpha value is -2.33. The molecule has 5 heteroatoms. The number of nitrogens with one attached hydrogen (secondary N) is 1. The lowest BCUT2D eigenvalue weighted by atomic mass is 10.0. The van der Waals surface area contributed by atoms with Crippen molar-refractivity contribution in [2.24, 2.45) is 0 Å². The van der Waals surface area contributed by atoms with Crippen molar-refractivity contribution in [3.63, 3.8) is 0 Å². The summed E-state index contributed by atoms with van der Waals surface area (Å²) in [6, 6.07) is 15.2. The van der Waals surface area contributed by atoms with Gasteiger partial charge in [0.2, 0.25) is 11.8 Å². The van der Waals surface area contributed by atoms with Gasteiger partial charge in [-0.15, -0.1) is 0 Å². The molecule has 0 aliphatic carbocycles. The van der Waals surface area contributed by atoms with Crippen LogP contribution >= 0.6 is 11.6 Å². The first-order chi connectivity index (χ1) is 13.8. The predicted octanol–water partition coefficient (Wildman–Crippen LogP) is 4.78. The van der Waals surface area contributed by atoms with Crippen molar-refractivity contribution in [1.82, 2.24) is 10.2 Å².